The number of amides is 1. The third-order valence-electron chi connectivity index (χ3n) is 4.52. The number of alkyl halides is 2. The van der Waals surface area contributed by atoms with Crippen molar-refractivity contribution in [1.29, 1.82) is 0 Å². The molecule has 2 heterocycles. The highest BCUT2D eigenvalue weighted by Gasteiger charge is 2.62. The van der Waals surface area contributed by atoms with Gasteiger partial charge in [0.15, 0.2) is 5.60 Å². The number of likely N-dealkylation sites (tertiary alicyclic amines) is 1. The number of carbonyl (C=O) groups is 2. The molecule has 0 aliphatic carbocycles. The fourth-order valence-electron chi connectivity index (χ4n) is 3.17. The first kappa shape index (κ1) is 22.5. The molecule has 2 aliphatic heterocycles. The Balaban J connectivity index is 2.03. The Hall–Kier alpha value is -1.78. The molecule has 0 spiro atoms. The van der Waals surface area contributed by atoms with Gasteiger partial charge in [0.25, 0.3) is 5.92 Å². The molecule has 2 saturated heterocycles. The van der Waals surface area contributed by atoms with Crippen molar-refractivity contribution < 1.29 is 37.8 Å². The molecule has 3 atom stereocenters. The minimum Gasteiger partial charge on any atom is -0.459 e. The van der Waals surface area contributed by atoms with Crippen LogP contribution in [0.3, 0.4) is 0 Å². The zero-order valence-electron chi connectivity index (χ0n) is 16.6. The fraction of sp³-hybridized carbons (Fsp3) is 0.778. The second-order valence-corrected chi connectivity index (χ2v) is 8.23. The van der Waals surface area contributed by atoms with E-state index in [0.717, 1.165) is 9.96 Å². The molecule has 28 heavy (non-hydrogen) atoms. The third kappa shape index (κ3) is 4.98. The molecule has 0 aromatic rings. The normalized spacial score (nSPS) is 26.5. The van der Waals surface area contributed by atoms with Crippen LogP contribution in [0.1, 0.15) is 34.1 Å². The van der Waals surface area contributed by atoms with Gasteiger partial charge in [0, 0.05) is 13.0 Å². The van der Waals surface area contributed by atoms with Gasteiger partial charge in [0.2, 0.25) is 0 Å². The third-order valence-corrected chi connectivity index (χ3v) is 4.52. The summed E-state index contributed by atoms with van der Waals surface area (Å²) >= 11 is 0. The van der Waals surface area contributed by atoms with E-state index < -0.39 is 47.8 Å². The number of nitrogens with zero attached hydrogens (tertiary/aromatic N) is 2. The topological polar surface area (TPSA) is 88.5 Å². The molecule has 2 aliphatic rings. The van der Waals surface area contributed by atoms with Gasteiger partial charge in [-0.3, -0.25) is 9.74 Å². The molecule has 1 amide bonds. The summed E-state index contributed by atoms with van der Waals surface area (Å²) in [5, 5.41) is 11.3. The van der Waals surface area contributed by atoms with Crippen LogP contribution >= 0.6 is 0 Å². The Morgan fingerprint density at radius 2 is 2.00 bits per heavy atom. The molecule has 0 radical (unpaired) electrons. The van der Waals surface area contributed by atoms with E-state index in [2.05, 4.69) is 6.58 Å². The van der Waals surface area contributed by atoms with Crippen molar-refractivity contribution in [1.82, 2.24) is 9.96 Å². The highest BCUT2D eigenvalue weighted by atomic mass is 19.3. The van der Waals surface area contributed by atoms with Crippen molar-refractivity contribution in [2.45, 2.75) is 63.3 Å². The van der Waals surface area contributed by atoms with Crippen molar-refractivity contribution in [3.63, 3.8) is 0 Å². The van der Waals surface area contributed by atoms with Crippen LogP contribution in [0.25, 0.3) is 0 Å². The smallest absolute Gasteiger partial charge is 0.410 e. The van der Waals surface area contributed by atoms with E-state index in [1.54, 1.807) is 20.8 Å². The molecule has 3 unspecified atom stereocenters. The number of aliphatic hydroxyl groups is 1. The van der Waals surface area contributed by atoms with Gasteiger partial charge in [-0.05, 0) is 27.7 Å². The summed E-state index contributed by atoms with van der Waals surface area (Å²) in [5.41, 5.74) is -2.68. The van der Waals surface area contributed by atoms with Crippen LogP contribution in [0, 0.1) is 0 Å². The summed E-state index contributed by atoms with van der Waals surface area (Å²) in [6.07, 6.45) is 0.339. The highest BCUT2D eigenvalue weighted by Crippen LogP contribution is 2.41. The average Bonchev–Trinajstić information content (AvgIpc) is 3.09. The Labute approximate surface area is 163 Å². The Bertz CT molecular complexity index is 620. The number of rotatable bonds is 6. The van der Waals surface area contributed by atoms with Crippen LogP contribution in [0.4, 0.5) is 13.6 Å². The van der Waals surface area contributed by atoms with Crippen molar-refractivity contribution in [3.05, 3.63) is 12.7 Å². The number of hydrogen-bond donors (Lipinski definition) is 1. The van der Waals surface area contributed by atoms with Gasteiger partial charge >= 0.3 is 12.1 Å². The number of fused-ring (bicyclic) bond motifs is 1. The standard InChI is InChI=1S/C18H28F2N2O6/c1-6-9-26-14(23)17(5,25)7-8-22-13-12(10-27-22)21(11-18(13,19)20)15(24)28-16(2,3)4/h6,12-13,25H,1,7-11H2,2-5H3. The van der Waals surface area contributed by atoms with E-state index in [0.29, 0.717) is 0 Å². The summed E-state index contributed by atoms with van der Waals surface area (Å²) in [7, 11) is 0. The molecular weight excluding hydrogens is 378 g/mol. The van der Waals surface area contributed by atoms with Crippen molar-refractivity contribution in [2.75, 3.05) is 26.3 Å². The van der Waals surface area contributed by atoms with E-state index in [4.69, 9.17) is 14.3 Å². The first-order valence-corrected chi connectivity index (χ1v) is 9.06. The maximum Gasteiger partial charge on any atom is 0.410 e. The summed E-state index contributed by atoms with van der Waals surface area (Å²) in [6.45, 7) is 8.50. The first-order valence-electron chi connectivity index (χ1n) is 9.06. The minimum absolute atomic E-state index is 0.0667. The number of ether oxygens (including phenoxy) is 2. The predicted molar refractivity (Wildman–Crippen MR) is 94.5 cm³/mol. The second-order valence-electron chi connectivity index (χ2n) is 8.23. The predicted octanol–water partition coefficient (Wildman–Crippen LogP) is 1.73. The largest absolute Gasteiger partial charge is 0.459 e. The zero-order chi connectivity index (χ0) is 21.3. The number of esters is 1. The lowest BCUT2D eigenvalue weighted by atomic mass is 10.0. The van der Waals surface area contributed by atoms with Crippen molar-refractivity contribution >= 4 is 12.1 Å². The molecule has 10 heteroatoms. The Morgan fingerprint density at radius 1 is 1.36 bits per heavy atom. The molecule has 1 N–H and O–H groups in total. The maximum absolute atomic E-state index is 14.6. The SMILES string of the molecule is C=CCOC(=O)C(C)(O)CCN1OCC2C1C(F)(F)CN2C(=O)OC(C)(C)C. The number of carbonyl (C=O) groups excluding carboxylic acids is 2. The molecule has 2 fully saturated rings. The number of halogens is 2. The Kier molecular flexibility index (Phi) is 6.37. The van der Waals surface area contributed by atoms with Crippen LogP contribution < -0.4 is 0 Å². The monoisotopic (exact) mass is 406 g/mol. The molecule has 8 nitrogen and oxygen atoms in total. The van der Waals surface area contributed by atoms with E-state index >= 15 is 0 Å². The molecule has 0 aromatic carbocycles. The van der Waals surface area contributed by atoms with Gasteiger partial charge in [-0.2, -0.15) is 5.06 Å². The quantitative estimate of drug-likeness (QED) is 0.531. The fourth-order valence-corrected chi connectivity index (χ4v) is 3.17. The maximum atomic E-state index is 14.6. The van der Waals surface area contributed by atoms with Gasteiger partial charge in [-0.25, -0.2) is 18.4 Å². The molecular formula is C18H28F2N2O6. The van der Waals surface area contributed by atoms with Crippen molar-refractivity contribution in [2.24, 2.45) is 0 Å². The van der Waals surface area contributed by atoms with Gasteiger partial charge in [-0.1, -0.05) is 12.7 Å². The minimum atomic E-state index is -3.23. The van der Waals surface area contributed by atoms with E-state index in [9.17, 15) is 23.5 Å². The van der Waals surface area contributed by atoms with Crippen LogP contribution in [0.2, 0.25) is 0 Å². The van der Waals surface area contributed by atoms with Gasteiger partial charge in [0.05, 0.1) is 19.2 Å². The molecule has 2 rings (SSSR count). The number of hydrogen-bond acceptors (Lipinski definition) is 7. The van der Waals surface area contributed by atoms with Gasteiger partial charge in [0.1, 0.15) is 18.2 Å². The number of hydroxylamine groups is 2. The van der Waals surface area contributed by atoms with Crippen LogP contribution in [-0.2, 0) is 19.1 Å². The first-order chi connectivity index (χ1) is 12.8. The Morgan fingerprint density at radius 3 is 2.57 bits per heavy atom. The summed E-state index contributed by atoms with van der Waals surface area (Å²) in [6, 6.07) is -2.28. The molecule has 160 valence electrons. The molecule has 0 aromatic heterocycles. The molecule has 0 bridgehead atoms. The van der Waals surface area contributed by atoms with E-state index in [-0.39, 0.29) is 26.2 Å². The zero-order valence-corrected chi connectivity index (χ0v) is 16.6. The van der Waals surface area contributed by atoms with Crippen molar-refractivity contribution in [3.8, 4) is 0 Å². The van der Waals surface area contributed by atoms with Gasteiger partial charge < -0.3 is 14.6 Å². The van der Waals surface area contributed by atoms with Crippen LogP contribution in [0.5, 0.6) is 0 Å². The van der Waals surface area contributed by atoms with Crippen LogP contribution in [0.15, 0.2) is 12.7 Å². The van der Waals surface area contributed by atoms with E-state index in [1.165, 1.54) is 13.0 Å². The van der Waals surface area contributed by atoms with Gasteiger partial charge in [-0.15, -0.1) is 0 Å². The lowest BCUT2D eigenvalue weighted by Crippen LogP contribution is -2.48. The lowest BCUT2D eigenvalue weighted by molar-refractivity contribution is -0.191. The van der Waals surface area contributed by atoms with E-state index in [1.807, 2.05) is 0 Å². The summed E-state index contributed by atoms with van der Waals surface area (Å²) in [5.74, 6) is -4.11. The molecule has 0 saturated carbocycles. The average molecular weight is 406 g/mol. The lowest BCUT2D eigenvalue weighted by Gasteiger charge is -2.28. The summed E-state index contributed by atoms with van der Waals surface area (Å²) < 4.78 is 39.2. The van der Waals surface area contributed by atoms with Crippen LogP contribution in [-0.4, -0.2) is 82.6 Å². The highest BCUT2D eigenvalue weighted by molar-refractivity contribution is 5.78. The summed E-state index contributed by atoms with van der Waals surface area (Å²) in [4.78, 5) is 30.5. The second kappa shape index (κ2) is 7.92.